The van der Waals surface area contributed by atoms with Gasteiger partial charge in [0.1, 0.15) is 0 Å². The molecule has 1 fully saturated rings. The third kappa shape index (κ3) is 3.52. The van der Waals surface area contributed by atoms with Gasteiger partial charge in [-0.1, -0.05) is 19.1 Å². The lowest BCUT2D eigenvalue weighted by Gasteiger charge is -2.18. The Balaban J connectivity index is 1.68. The maximum absolute atomic E-state index is 8.83. The van der Waals surface area contributed by atoms with Gasteiger partial charge in [0, 0.05) is 16.7 Å². The van der Waals surface area contributed by atoms with E-state index in [2.05, 4.69) is 28.5 Å². The van der Waals surface area contributed by atoms with Crippen LogP contribution < -0.4 is 5.43 Å². The van der Waals surface area contributed by atoms with Crippen LogP contribution in [0.1, 0.15) is 38.2 Å². The number of thiazole rings is 1. The number of hydrazone groups is 1. The van der Waals surface area contributed by atoms with Crippen molar-refractivity contribution in [1.82, 2.24) is 4.98 Å². The summed E-state index contributed by atoms with van der Waals surface area (Å²) in [5, 5.41) is 16.2. The van der Waals surface area contributed by atoms with Gasteiger partial charge < -0.3 is 0 Å². The smallest absolute Gasteiger partial charge is 0.203 e. The zero-order chi connectivity index (χ0) is 15.4. The molecule has 0 amide bonds. The van der Waals surface area contributed by atoms with Crippen LogP contribution in [0.15, 0.2) is 34.7 Å². The highest BCUT2D eigenvalue weighted by Gasteiger charge is 2.14. The number of hydrogen-bond donors (Lipinski definition) is 1. The van der Waals surface area contributed by atoms with Crippen LogP contribution in [0, 0.1) is 17.2 Å². The predicted molar refractivity (Wildman–Crippen MR) is 91.0 cm³/mol. The molecule has 2 aromatic rings. The minimum atomic E-state index is 0.662. The van der Waals surface area contributed by atoms with E-state index in [0.717, 1.165) is 35.1 Å². The average molecular weight is 310 g/mol. The van der Waals surface area contributed by atoms with Gasteiger partial charge in [-0.2, -0.15) is 10.4 Å². The first-order valence-corrected chi connectivity index (χ1v) is 8.40. The van der Waals surface area contributed by atoms with Crippen molar-refractivity contribution in [2.75, 3.05) is 5.43 Å². The molecule has 1 saturated carbocycles. The molecule has 0 radical (unpaired) electrons. The van der Waals surface area contributed by atoms with E-state index in [-0.39, 0.29) is 0 Å². The Bertz CT molecular complexity index is 709. The maximum atomic E-state index is 8.83. The van der Waals surface area contributed by atoms with Crippen LogP contribution in [-0.4, -0.2) is 10.7 Å². The lowest BCUT2D eigenvalue weighted by Crippen LogP contribution is -2.13. The van der Waals surface area contributed by atoms with Crippen LogP contribution >= 0.6 is 11.3 Å². The van der Waals surface area contributed by atoms with Crippen molar-refractivity contribution in [3.63, 3.8) is 0 Å². The van der Waals surface area contributed by atoms with Crippen LogP contribution in [0.4, 0.5) is 5.13 Å². The summed E-state index contributed by atoms with van der Waals surface area (Å²) in [6, 6.07) is 9.59. The maximum Gasteiger partial charge on any atom is 0.203 e. The first-order valence-electron chi connectivity index (χ1n) is 7.52. The molecular formula is C17H18N4S. The summed E-state index contributed by atoms with van der Waals surface area (Å²) in [5.41, 5.74) is 6.92. The molecule has 5 heteroatoms. The summed E-state index contributed by atoms with van der Waals surface area (Å²) >= 11 is 1.55. The van der Waals surface area contributed by atoms with Gasteiger partial charge in [-0.05, 0) is 43.7 Å². The molecule has 4 nitrogen and oxygen atoms in total. The molecule has 0 bridgehead atoms. The van der Waals surface area contributed by atoms with E-state index in [1.165, 1.54) is 18.6 Å². The molecule has 1 heterocycles. The van der Waals surface area contributed by atoms with Gasteiger partial charge in [0.25, 0.3) is 0 Å². The number of aromatic nitrogens is 1. The molecule has 0 unspecified atom stereocenters. The highest BCUT2D eigenvalue weighted by Crippen LogP contribution is 2.26. The SMILES string of the molecule is C[C@H]1CCC/C(=N/Nc2nc(-c3ccc(C#N)cc3)cs2)C1. The summed E-state index contributed by atoms with van der Waals surface area (Å²) in [6.45, 7) is 2.28. The minimum absolute atomic E-state index is 0.662. The first-order chi connectivity index (χ1) is 10.7. The van der Waals surface area contributed by atoms with Gasteiger partial charge in [0.15, 0.2) is 0 Å². The molecule has 3 rings (SSSR count). The molecule has 0 saturated heterocycles. The van der Waals surface area contributed by atoms with E-state index < -0.39 is 0 Å². The quantitative estimate of drug-likeness (QED) is 0.839. The molecule has 1 aliphatic rings. The van der Waals surface area contributed by atoms with E-state index in [9.17, 15) is 0 Å². The van der Waals surface area contributed by atoms with Gasteiger partial charge in [-0.3, -0.25) is 5.43 Å². The number of nitrogens with one attached hydrogen (secondary N) is 1. The predicted octanol–water partition coefficient (Wildman–Crippen LogP) is 4.66. The zero-order valence-corrected chi connectivity index (χ0v) is 13.4. The van der Waals surface area contributed by atoms with E-state index in [1.807, 2.05) is 29.6 Å². The van der Waals surface area contributed by atoms with Crippen molar-refractivity contribution in [3.05, 3.63) is 35.2 Å². The Kier molecular flexibility index (Phi) is 4.50. The Morgan fingerprint density at radius 3 is 2.91 bits per heavy atom. The molecule has 1 N–H and O–H groups in total. The topological polar surface area (TPSA) is 61.1 Å². The lowest BCUT2D eigenvalue weighted by molar-refractivity contribution is 0.500. The second kappa shape index (κ2) is 6.71. The van der Waals surface area contributed by atoms with Crippen molar-refractivity contribution < 1.29 is 0 Å². The molecular weight excluding hydrogens is 292 g/mol. The van der Waals surface area contributed by atoms with Crippen LogP contribution in [-0.2, 0) is 0 Å². The summed E-state index contributed by atoms with van der Waals surface area (Å²) in [7, 11) is 0. The first kappa shape index (κ1) is 14.7. The fourth-order valence-corrected chi connectivity index (χ4v) is 3.32. The van der Waals surface area contributed by atoms with E-state index in [0.29, 0.717) is 5.56 Å². The number of hydrogen-bond acceptors (Lipinski definition) is 5. The fourth-order valence-electron chi connectivity index (χ4n) is 2.66. The summed E-state index contributed by atoms with van der Waals surface area (Å²) in [5.74, 6) is 0.736. The van der Waals surface area contributed by atoms with Gasteiger partial charge in [-0.15, -0.1) is 11.3 Å². The van der Waals surface area contributed by atoms with Gasteiger partial charge in [-0.25, -0.2) is 4.98 Å². The standard InChI is InChI=1S/C17H18N4S/c1-12-3-2-4-15(9-12)20-21-17-19-16(11-22-17)14-7-5-13(10-18)6-8-14/h5-8,11-12H,2-4,9H2,1H3,(H,19,21)/b20-15-/t12-/m0/s1. The van der Waals surface area contributed by atoms with Crippen LogP contribution in [0.25, 0.3) is 11.3 Å². The van der Waals surface area contributed by atoms with Crippen molar-refractivity contribution in [2.45, 2.75) is 32.6 Å². The second-order valence-electron chi connectivity index (χ2n) is 5.72. The molecule has 0 spiro atoms. The Morgan fingerprint density at radius 2 is 2.18 bits per heavy atom. The molecule has 1 aliphatic carbocycles. The van der Waals surface area contributed by atoms with Gasteiger partial charge in [0.05, 0.1) is 17.3 Å². The molecule has 112 valence electrons. The third-order valence-corrected chi connectivity index (χ3v) is 4.62. The average Bonchev–Trinajstić information content (AvgIpc) is 3.02. The monoisotopic (exact) mass is 310 g/mol. The number of benzene rings is 1. The Hall–Kier alpha value is -2.19. The van der Waals surface area contributed by atoms with Crippen LogP contribution in [0.5, 0.6) is 0 Å². The van der Waals surface area contributed by atoms with Crippen molar-refractivity contribution >= 4 is 22.2 Å². The fraction of sp³-hybridized carbons (Fsp3) is 0.353. The minimum Gasteiger partial charge on any atom is -0.253 e. The second-order valence-corrected chi connectivity index (χ2v) is 6.58. The summed E-state index contributed by atoms with van der Waals surface area (Å²) in [6.07, 6.45) is 4.71. The summed E-state index contributed by atoms with van der Waals surface area (Å²) < 4.78 is 0. The number of nitrogens with zero attached hydrogens (tertiary/aromatic N) is 3. The third-order valence-electron chi connectivity index (χ3n) is 3.87. The largest absolute Gasteiger partial charge is 0.253 e. The molecule has 1 atom stereocenters. The number of anilines is 1. The van der Waals surface area contributed by atoms with Crippen molar-refractivity contribution in [3.8, 4) is 17.3 Å². The van der Waals surface area contributed by atoms with Crippen molar-refractivity contribution in [2.24, 2.45) is 11.0 Å². The van der Waals surface area contributed by atoms with Gasteiger partial charge in [0.2, 0.25) is 5.13 Å². The van der Waals surface area contributed by atoms with E-state index >= 15 is 0 Å². The van der Waals surface area contributed by atoms with E-state index in [4.69, 9.17) is 5.26 Å². The van der Waals surface area contributed by atoms with Gasteiger partial charge >= 0.3 is 0 Å². The van der Waals surface area contributed by atoms with E-state index in [1.54, 1.807) is 11.3 Å². The molecule has 1 aromatic carbocycles. The normalized spacial score (nSPS) is 19.8. The van der Waals surface area contributed by atoms with Crippen LogP contribution in [0.3, 0.4) is 0 Å². The molecule has 22 heavy (non-hydrogen) atoms. The number of nitriles is 1. The highest BCUT2D eigenvalue weighted by atomic mass is 32.1. The molecule has 1 aromatic heterocycles. The highest BCUT2D eigenvalue weighted by molar-refractivity contribution is 7.14. The molecule has 0 aliphatic heterocycles. The number of rotatable bonds is 3. The Morgan fingerprint density at radius 1 is 1.36 bits per heavy atom. The summed E-state index contributed by atoms with van der Waals surface area (Å²) in [4.78, 5) is 4.56. The van der Waals surface area contributed by atoms with Crippen LogP contribution in [0.2, 0.25) is 0 Å². The zero-order valence-electron chi connectivity index (χ0n) is 12.5. The Labute approximate surface area is 134 Å². The lowest BCUT2D eigenvalue weighted by atomic mass is 9.89. The van der Waals surface area contributed by atoms with Crippen molar-refractivity contribution in [1.29, 1.82) is 5.26 Å².